The van der Waals surface area contributed by atoms with Crippen molar-refractivity contribution in [1.82, 2.24) is 9.55 Å². The molecule has 3 atom stereocenters. The molecule has 0 spiro atoms. The van der Waals surface area contributed by atoms with Crippen LogP contribution in [0.4, 0.5) is 0 Å². The van der Waals surface area contributed by atoms with Gasteiger partial charge in [0.1, 0.15) is 31.3 Å². The predicted octanol–water partition coefficient (Wildman–Crippen LogP) is 3.13. The minimum atomic E-state index is -0.860. The van der Waals surface area contributed by atoms with Gasteiger partial charge in [0.05, 0.1) is 12.7 Å². The number of hydrogen-bond acceptors (Lipinski definition) is 9. The van der Waals surface area contributed by atoms with Crippen LogP contribution in [0.5, 0.6) is 11.6 Å². The van der Waals surface area contributed by atoms with Crippen LogP contribution in [-0.4, -0.2) is 50.1 Å². The second-order valence-corrected chi connectivity index (χ2v) is 10.3. The Morgan fingerprint density at radius 1 is 0.881 bits per heavy atom. The van der Waals surface area contributed by atoms with Gasteiger partial charge in [0.15, 0.2) is 11.6 Å². The summed E-state index contributed by atoms with van der Waals surface area (Å²) in [5, 5.41) is 19.3. The fourth-order valence-electron chi connectivity index (χ4n) is 5.19. The Hall–Kier alpha value is -4.64. The van der Waals surface area contributed by atoms with Crippen LogP contribution >= 0.6 is 0 Å². The largest absolute Gasteiger partial charge is 0.489 e. The highest BCUT2D eigenvalue weighted by atomic mass is 16.5. The predicted molar refractivity (Wildman–Crippen MR) is 150 cm³/mol. The molecule has 1 aliphatic carbocycles. The smallest absolute Gasteiger partial charge is 0.352 e. The quantitative estimate of drug-likeness (QED) is 0.289. The molecule has 1 saturated heterocycles. The molecule has 0 amide bonds. The van der Waals surface area contributed by atoms with E-state index in [0.29, 0.717) is 33.6 Å². The Bertz CT molecular complexity index is 1730. The molecular weight excluding hydrogens is 540 g/mol. The van der Waals surface area contributed by atoms with E-state index in [-0.39, 0.29) is 43.7 Å². The number of fused-ring (bicyclic) bond motifs is 2. The van der Waals surface area contributed by atoms with E-state index in [1.54, 1.807) is 67.7 Å². The summed E-state index contributed by atoms with van der Waals surface area (Å²) in [6.45, 7) is 1.81. The van der Waals surface area contributed by atoms with Gasteiger partial charge in [0.25, 0.3) is 0 Å². The second kappa shape index (κ2) is 11.3. The molecule has 3 aromatic carbocycles. The van der Waals surface area contributed by atoms with Gasteiger partial charge in [-0.25, -0.2) is 4.79 Å². The molecule has 1 aromatic heterocycles. The van der Waals surface area contributed by atoms with Gasteiger partial charge in [-0.15, -0.1) is 0 Å². The fourth-order valence-corrected chi connectivity index (χ4v) is 5.19. The SMILES string of the molecule is Cc1cn(C2CC(O)C(CO)O2)c(=O)nc1OCc1ccc(OCc2ccc3c(c2)C(=O)c2ccccc2C3=O)cc1. The minimum absolute atomic E-state index is 0.157. The second-order valence-electron chi connectivity index (χ2n) is 10.3. The van der Waals surface area contributed by atoms with Gasteiger partial charge in [0, 0.05) is 40.4 Å². The molecule has 10 nitrogen and oxygen atoms in total. The highest BCUT2D eigenvalue weighted by molar-refractivity contribution is 6.28. The molecule has 3 unspecified atom stereocenters. The van der Waals surface area contributed by atoms with Crippen molar-refractivity contribution in [3.63, 3.8) is 0 Å². The molecule has 2 aliphatic rings. The maximum Gasteiger partial charge on any atom is 0.352 e. The van der Waals surface area contributed by atoms with Crippen molar-refractivity contribution in [3.8, 4) is 11.6 Å². The van der Waals surface area contributed by atoms with Gasteiger partial charge in [-0.05, 0) is 42.3 Å². The van der Waals surface area contributed by atoms with Crippen molar-refractivity contribution in [2.45, 2.75) is 45.0 Å². The lowest BCUT2D eigenvalue weighted by molar-refractivity contribution is -0.0460. The van der Waals surface area contributed by atoms with Gasteiger partial charge >= 0.3 is 5.69 Å². The Kier molecular flexibility index (Phi) is 7.42. The molecule has 2 heterocycles. The summed E-state index contributed by atoms with van der Waals surface area (Å²) in [4.78, 5) is 42.4. The standard InChI is InChI=1S/C32H28N2O8/c1-18-14-34(28-13-26(36)27(15-35)42-28)32(39)33-31(18)41-16-19-6-9-21(10-7-19)40-17-20-8-11-24-25(12-20)30(38)23-5-3-2-4-22(23)29(24)37/h2-12,14,26-28,35-36H,13,15-17H2,1H3. The van der Waals surface area contributed by atoms with Crippen LogP contribution in [0.15, 0.2) is 77.7 Å². The number of carbonyl (C=O) groups is 2. The zero-order valence-corrected chi connectivity index (χ0v) is 22.7. The molecule has 42 heavy (non-hydrogen) atoms. The molecule has 6 rings (SSSR count). The molecule has 0 bridgehead atoms. The Balaban J connectivity index is 1.07. The van der Waals surface area contributed by atoms with E-state index in [1.165, 1.54) is 4.57 Å². The number of carbonyl (C=O) groups excluding carboxylic acids is 2. The molecular formula is C32H28N2O8. The lowest BCUT2D eigenvalue weighted by Crippen LogP contribution is -2.28. The maximum absolute atomic E-state index is 13.0. The normalized spacial score (nSPS) is 19.4. The molecule has 1 fully saturated rings. The number of aryl methyl sites for hydroxylation is 1. The molecule has 1 aliphatic heterocycles. The number of ketones is 2. The van der Waals surface area contributed by atoms with E-state index in [0.717, 1.165) is 11.1 Å². The van der Waals surface area contributed by atoms with Crippen LogP contribution in [0.2, 0.25) is 0 Å². The van der Waals surface area contributed by atoms with Crippen LogP contribution in [0.25, 0.3) is 0 Å². The molecule has 0 saturated carbocycles. The van der Waals surface area contributed by atoms with Crippen molar-refractivity contribution < 1.29 is 34.0 Å². The summed E-state index contributed by atoms with van der Waals surface area (Å²) in [6.07, 6.45) is -0.558. The zero-order valence-electron chi connectivity index (χ0n) is 22.7. The molecule has 2 N–H and O–H groups in total. The zero-order chi connectivity index (χ0) is 29.4. The summed E-state index contributed by atoms with van der Waals surface area (Å²) >= 11 is 0. The van der Waals surface area contributed by atoms with E-state index in [9.17, 15) is 24.6 Å². The van der Waals surface area contributed by atoms with Crippen molar-refractivity contribution in [1.29, 1.82) is 0 Å². The van der Waals surface area contributed by atoms with Crippen LogP contribution in [0.1, 0.15) is 61.2 Å². The highest BCUT2D eigenvalue weighted by Crippen LogP contribution is 2.29. The first-order chi connectivity index (χ1) is 20.3. The van der Waals surface area contributed by atoms with Crippen molar-refractivity contribution in [2.75, 3.05) is 6.61 Å². The number of rotatable bonds is 8. The highest BCUT2D eigenvalue weighted by Gasteiger charge is 2.35. The van der Waals surface area contributed by atoms with E-state index in [2.05, 4.69) is 4.98 Å². The number of aromatic nitrogens is 2. The molecule has 0 radical (unpaired) electrons. The third-order valence-electron chi connectivity index (χ3n) is 7.48. The number of ether oxygens (including phenoxy) is 3. The summed E-state index contributed by atoms with van der Waals surface area (Å²) in [5.74, 6) is 0.475. The van der Waals surface area contributed by atoms with E-state index in [1.807, 2.05) is 12.1 Å². The topological polar surface area (TPSA) is 137 Å². The maximum atomic E-state index is 13.0. The number of benzene rings is 3. The third kappa shape index (κ3) is 5.23. The average molecular weight is 569 g/mol. The van der Waals surface area contributed by atoms with E-state index >= 15 is 0 Å². The first kappa shape index (κ1) is 27.5. The lowest BCUT2D eigenvalue weighted by Gasteiger charge is -2.18. The van der Waals surface area contributed by atoms with Gasteiger partial charge < -0.3 is 24.4 Å². The number of aliphatic hydroxyl groups excluding tert-OH is 2. The molecule has 10 heteroatoms. The number of nitrogens with zero attached hydrogens (tertiary/aromatic N) is 2. The van der Waals surface area contributed by atoms with Gasteiger partial charge in [0.2, 0.25) is 5.88 Å². The molecule has 214 valence electrons. The van der Waals surface area contributed by atoms with Gasteiger partial charge in [-0.1, -0.05) is 42.5 Å². The van der Waals surface area contributed by atoms with Crippen molar-refractivity contribution in [3.05, 3.63) is 122 Å². The fraction of sp³-hybridized carbons (Fsp3) is 0.250. The van der Waals surface area contributed by atoms with E-state index in [4.69, 9.17) is 14.2 Å². The monoisotopic (exact) mass is 568 g/mol. The lowest BCUT2D eigenvalue weighted by atomic mass is 9.83. The number of hydrogen-bond donors (Lipinski definition) is 2. The van der Waals surface area contributed by atoms with Crippen molar-refractivity contribution >= 4 is 11.6 Å². The van der Waals surface area contributed by atoms with Crippen LogP contribution in [-0.2, 0) is 18.0 Å². The van der Waals surface area contributed by atoms with Crippen LogP contribution in [0, 0.1) is 6.92 Å². The summed E-state index contributed by atoms with van der Waals surface area (Å²) in [7, 11) is 0. The average Bonchev–Trinajstić information content (AvgIpc) is 3.39. The minimum Gasteiger partial charge on any atom is -0.489 e. The first-order valence-electron chi connectivity index (χ1n) is 13.5. The first-order valence-corrected chi connectivity index (χ1v) is 13.5. The third-order valence-corrected chi connectivity index (χ3v) is 7.48. The van der Waals surface area contributed by atoms with Gasteiger partial charge in [-0.2, -0.15) is 4.98 Å². The van der Waals surface area contributed by atoms with Gasteiger partial charge in [-0.3, -0.25) is 14.2 Å². The molecule has 4 aromatic rings. The van der Waals surface area contributed by atoms with Crippen LogP contribution < -0.4 is 15.2 Å². The number of aliphatic hydroxyl groups is 2. The van der Waals surface area contributed by atoms with Crippen molar-refractivity contribution in [2.24, 2.45) is 0 Å². The summed E-state index contributed by atoms with van der Waals surface area (Å²) in [5.41, 5.74) is 3.26. The Morgan fingerprint density at radius 3 is 2.21 bits per heavy atom. The summed E-state index contributed by atoms with van der Waals surface area (Å²) in [6, 6.07) is 19.3. The van der Waals surface area contributed by atoms with E-state index < -0.39 is 24.1 Å². The summed E-state index contributed by atoms with van der Waals surface area (Å²) < 4.78 is 18.6. The van der Waals surface area contributed by atoms with Crippen LogP contribution in [0.3, 0.4) is 0 Å². The Morgan fingerprint density at radius 2 is 1.52 bits per heavy atom. The Labute approximate surface area is 240 Å².